The van der Waals surface area contributed by atoms with Gasteiger partial charge in [0.15, 0.2) is 5.78 Å². The summed E-state index contributed by atoms with van der Waals surface area (Å²) in [5.74, 6) is -0.181. The minimum atomic E-state index is -0.141. The van der Waals surface area contributed by atoms with Gasteiger partial charge in [0, 0.05) is 22.1 Å². The lowest BCUT2D eigenvalue weighted by Crippen LogP contribution is -2.48. The van der Waals surface area contributed by atoms with E-state index in [1.807, 2.05) is 25.1 Å². The van der Waals surface area contributed by atoms with E-state index in [2.05, 4.69) is 24.1 Å². The number of halogens is 2. The van der Waals surface area contributed by atoms with E-state index in [-0.39, 0.29) is 23.8 Å². The molecule has 1 amide bonds. The predicted molar refractivity (Wildman–Crippen MR) is 118 cm³/mol. The summed E-state index contributed by atoms with van der Waals surface area (Å²) in [6, 6.07) is 10.5. The lowest BCUT2D eigenvalue weighted by atomic mass is 9.99. The fraction of sp³-hybridized carbons (Fsp3) is 0.391. The Morgan fingerprint density at radius 3 is 2.41 bits per heavy atom. The quantitative estimate of drug-likeness (QED) is 0.507. The summed E-state index contributed by atoms with van der Waals surface area (Å²) in [6.07, 6.45) is 1.34. The summed E-state index contributed by atoms with van der Waals surface area (Å²) in [5.41, 5.74) is 3.18. The van der Waals surface area contributed by atoms with Crippen LogP contribution in [0.4, 0.5) is 0 Å². The van der Waals surface area contributed by atoms with Gasteiger partial charge in [0.1, 0.15) is 0 Å². The molecule has 0 fully saturated rings. The van der Waals surface area contributed by atoms with Crippen LogP contribution in [0.3, 0.4) is 0 Å². The van der Waals surface area contributed by atoms with Gasteiger partial charge < -0.3 is 5.32 Å². The molecule has 1 aliphatic rings. The minimum absolute atomic E-state index is 0.00500. The van der Waals surface area contributed by atoms with Crippen LogP contribution in [-0.4, -0.2) is 35.8 Å². The summed E-state index contributed by atoms with van der Waals surface area (Å²) in [7, 11) is 0. The Kier molecular flexibility index (Phi) is 6.99. The fourth-order valence-electron chi connectivity index (χ4n) is 3.96. The van der Waals surface area contributed by atoms with E-state index < -0.39 is 0 Å². The first-order chi connectivity index (χ1) is 13.8. The van der Waals surface area contributed by atoms with Gasteiger partial charge in [0.2, 0.25) is 5.91 Å². The highest BCUT2D eigenvalue weighted by Crippen LogP contribution is 2.30. The average Bonchev–Trinajstić information content (AvgIpc) is 3.12. The Bertz CT molecular complexity index is 925. The number of fused-ring (bicyclic) bond motifs is 1. The Balaban J connectivity index is 1.72. The van der Waals surface area contributed by atoms with E-state index >= 15 is 0 Å². The molecule has 1 aliphatic carbocycles. The number of nitrogens with zero attached hydrogens (tertiary/aromatic N) is 1. The van der Waals surface area contributed by atoms with Gasteiger partial charge in [-0.25, -0.2) is 0 Å². The van der Waals surface area contributed by atoms with Crippen molar-refractivity contribution in [2.24, 2.45) is 5.92 Å². The summed E-state index contributed by atoms with van der Waals surface area (Å²) in [5, 5.41) is 3.96. The Labute approximate surface area is 182 Å². The molecule has 4 nitrogen and oxygen atoms in total. The summed E-state index contributed by atoms with van der Waals surface area (Å²) < 4.78 is 0. The zero-order chi connectivity index (χ0) is 21.1. The summed E-state index contributed by atoms with van der Waals surface area (Å²) in [6.45, 7) is 7.97. The topological polar surface area (TPSA) is 49.4 Å². The second-order valence-electron chi connectivity index (χ2n) is 7.45. The van der Waals surface area contributed by atoms with Crippen LogP contribution < -0.4 is 5.32 Å². The molecule has 0 saturated heterocycles. The molecule has 1 N–H and O–H groups in total. The van der Waals surface area contributed by atoms with Crippen molar-refractivity contribution in [1.29, 1.82) is 0 Å². The van der Waals surface area contributed by atoms with E-state index in [0.29, 0.717) is 34.0 Å². The lowest BCUT2D eigenvalue weighted by Gasteiger charge is -2.28. The molecule has 0 heterocycles. The highest BCUT2D eigenvalue weighted by atomic mass is 35.5. The van der Waals surface area contributed by atoms with Crippen LogP contribution in [0.15, 0.2) is 36.4 Å². The van der Waals surface area contributed by atoms with Gasteiger partial charge in [-0.1, -0.05) is 49.2 Å². The number of amides is 1. The second-order valence-corrected chi connectivity index (χ2v) is 8.29. The minimum Gasteiger partial charge on any atom is -0.341 e. The molecule has 0 saturated carbocycles. The largest absolute Gasteiger partial charge is 0.341 e. The second kappa shape index (κ2) is 9.29. The molecule has 29 heavy (non-hydrogen) atoms. The van der Waals surface area contributed by atoms with Gasteiger partial charge in [-0.2, -0.15) is 0 Å². The van der Waals surface area contributed by atoms with Crippen LogP contribution in [0.5, 0.6) is 0 Å². The number of nitrogens with one attached hydrogen (secondary N) is 1. The van der Waals surface area contributed by atoms with Crippen LogP contribution >= 0.6 is 23.2 Å². The number of hydrogen-bond donors (Lipinski definition) is 1. The molecule has 2 aromatic rings. The van der Waals surface area contributed by atoms with Crippen LogP contribution in [0.2, 0.25) is 10.0 Å². The van der Waals surface area contributed by atoms with E-state index in [1.54, 1.807) is 18.2 Å². The number of rotatable bonds is 7. The van der Waals surface area contributed by atoms with Gasteiger partial charge in [0.25, 0.3) is 0 Å². The molecule has 2 aromatic carbocycles. The van der Waals surface area contributed by atoms with E-state index in [1.165, 1.54) is 0 Å². The van der Waals surface area contributed by atoms with Crippen molar-refractivity contribution in [3.05, 3.63) is 68.7 Å². The molecule has 2 unspecified atom stereocenters. The van der Waals surface area contributed by atoms with Crippen molar-refractivity contribution in [3.8, 4) is 0 Å². The molecular weight excluding hydrogens is 407 g/mol. The molecule has 154 valence electrons. The fourth-order valence-corrected chi connectivity index (χ4v) is 4.45. The molecule has 3 rings (SSSR count). The van der Waals surface area contributed by atoms with Crippen molar-refractivity contribution in [2.75, 3.05) is 13.1 Å². The number of carbonyl (C=O) groups is 2. The summed E-state index contributed by atoms with van der Waals surface area (Å²) >= 11 is 12.1. The first-order valence-corrected chi connectivity index (χ1v) is 10.8. The maximum atomic E-state index is 12.9. The van der Waals surface area contributed by atoms with Crippen molar-refractivity contribution in [1.82, 2.24) is 10.2 Å². The zero-order valence-corrected chi connectivity index (χ0v) is 18.5. The highest BCUT2D eigenvalue weighted by molar-refractivity contribution is 6.37. The Morgan fingerprint density at radius 1 is 1.07 bits per heavy atom. The van der Waals surface area contributed by atoms with Crippen molar-refractivity contribution < 1.29 is 9.59 Å². The van der Waals surface area contributed by atoms with Crippen molar-refractivity contribution in [2.45, 2.75) is 39.8 Å². The third-order valence-electron chi connectivity index (χ3n) is 5.66. The maximum Gasteiger partial charge on any atom is 0.224 e. The predicted octanol–water partition coefficient (Wildman–Crippen LogP) is 4.74. The first kappa shape index (κ1) is 21.8. The number of ketones is 1. The Hall–Kier alpha value is -1.88. The first-order valence-electron chi connectivity index (χ1n) is 10.00. The molecule has 6 heteroatoms. The van der Waals surface area contributed by atoms with Crippen molar-refractivity contribution >= 4 is 34.9 Å². The molecule has 0 spiro atoms. The molecule has 0 bridgehead atoms. The Morgan fingerprint density at radius 2 is 1.76 bits per heavy atom. The summed E-state index contributed by atoms with van der Waals surface area (Å²) in [4.78, 5) is 27.8. The monoisotopic (exact) mass is 432 g/mol. The number of carbonyl (C=O) groups excluding carboxylic acids is 2. The number of hydrogen-bond acceptors (Lipinski definition) is 3. The van der Waals surface area contributed by atoms with Gasteiger partial charge in [-0.15, -0.1) is 0 Å². The smallest absolute Gasteiger partial charge is 0.224 e. The van der Waals surface area contributed by atoms with Gasteiger partial charge >= 0.3 is 0 Å². The van der Waals surface area contributed by atoms with Gasteiger partial charge in [0.05, 0.1) is 11.2 Å². The van der Waals surface area contributed by atoms with Gasteiger partial charge in [-0.05, 0) is 68.2 Å². The van der Waals surface area contributed by atoms with Crippen molar-refractivity contribution in [3.63, 3.8) is 0 Å². The van der Waals surface area contributed by atoms with Crippen LogP contribution in [0.1, 0.15) is 47.8 Å². The van der Waals surface area contributed by atoms with Crippen LogP contribution in [-0.2, 0) is 17.6 Å². The normalized spacial score (nSPS) is 16.6. The highest BCUT2D eigenvalue weighted by Gasteiger charge is 2.29. The molecule has 0 radical (unpaired) electrons. The SMILES string of the molecule is CCN(CC)C(C)NC(=O)C1Cc2ccc(C(=O)c3ccc(Cl)cc3Cl)cc2C1. The van der Waals surface area contributed by atoms with E-state index in [9.17, 15) is 9.59 Å². The van der Waals surface area contributed by atoms with Gasteiger partial charge in [-0.3, -0.25) is 14.5 Å². The number of benzene rings is 2. The standard InChI is InChI=1S/C23H26Cl2N2O2/c1-4-27(5-2)14(3)26-23(29)18-10-15-6-7-16(11-17(15)12-18)22(28)20-9-8-19(24)13-21(20)25/h6-9,11,13-14,18H,4-5,10,12H2,1-3H3,(H,26,29). The molecule has 2 atom stereocenters. The molecular formula is C23H26Cl2N2O2. The lowest BCUT2D eigenvalue weighted by molar-refractivity contribution is -0.126. The van der Waals surface area contributed by atoms with E-state index in [0.717, 1.165) is 24.2 Å². The molecule has 0 aromatic heterocycles. The third-order valence-corrected chi connectivity index (χ3v) is 6.21. The zero-order valence-electron chi connectivity index (χ0n) is 17.0. The van der Waals surface area contributed by atoms with Crippen LogP contribution in [0.25, 0.3) is 0 Å². The van der Waals surface area contributed by atoms with Crippen LogP contribution in [0, 0.1) is 5.92 Å². The maximum absolute atomic E-state index is 12.9. The average molecular weight is 433 g/mol. The third kappa shape index (κ3) is 4.82. The van der Waals surface area contributed by atoms with E-state index in [4.69, 9.17) is 23.2 Å². The molecule has 0 aliphatic heterocycles.